The maximum absolute atomic E-state index is 12.9. The number of para-hydroxylation sites is 1. The average molecular weight is 495 g/mol. The summed E-state index contributed by atoms with van der Waals surface area (Å²) in [5, 5.41) is 5.59. The summed E-state index contributed by atoms with van der Waals surface area (Å²) in [4.78, 5) is 25.5. The largest absolute Gasteiger partial charge is 0.486 e. The van der Waals surface area contributed by atoms with Crippen LogP contribution in [-0.4, -0.2) is 39.2 Å². The maximum Gasteiger partial charge on any atom is 0.253 e. The van der Waals surface area contributed by atoms with Gasteiger partial charge in [-0.15, -0.1) is 0 Å². The van der Waals surface area contributed by atoms with E-state index in [9.17, 15) is 18.0 Å². The molecule has 0 saturated heterocycles. The molecule has 35 heavy (non-hydrogen) atoms. The van der Waals surface area contributed by atoms with Crippen LogP contribution in [0.15, 0.2) is 77.7 Å². The van der Waals surface area contributed by atoms with Crippen LogP contribution < -0.4 is 20.1 Å². The monoisotopic (exact) mass is 494 g/mol. The third-order valence-electron chi connectivity index (χ3n) is 5.56. The minimum atomic E-state index is -3.73. The number of hydrogen-bond acceptors (Lipinski definition) is 6. The molecule has 0 radical (unpaired) electrons. The molecule has 3 aromatic rings. The van der Waals surface area contributed by atoms with E-state index >= 15 is 0 Å². The van der Waals surface area contributed by atoms with Crippen LogP contribution in [0.4, 0.5) is 5.69 Å². The molecule has 1 atom stereocenters. The second-order valence-electron chi connectivity index (χ2n) is 8.07. The number of benzene rings is 3. The highest BCUT2D eigenvalue weighted by atomic mass is 32.2. The van der Waals surface area contributed by atoms with Gasteiger partial charge in [0, 0.05) is 12.5 Å². The maximum atomic E-state index is 12.9. The summed E-state index contributed by atoms with van der Waals surface area (Å²) in [6.07, 6.45) is -0.271. The van der Waals surface area contributed by atoms with Crippen LogP contribution in [-0.2, 0) is 14.6 Å². The smallest absolute Gasteiger partial charge is 0.253 e. The number of nitrogens with one attached hydrogen (secondary N) is 2. The third kappa shape index (κ3) is 5.99. The Morgan fingerprint density at radius 1 is 0.914 bits per heavy atom. The molecule has 1 unspecified atom stereocenters. The first-order chi connectivity index (χ1) is 16.8. The van der Waals surface area contributed by atoms with Gasteiger partial charge in [0.1, 0.15) is 13.2 Å². The lowest BCUT2D eigenvalue weighted by molar-refractivity contribution is -0.115. The fourth-order valence-corrected chi connectivity index (χ4v) is 4.92. The minimum Gasteiger partial charge on any atom is -0.486 e. The van der Waals surface area contributed by atoms with Crippen molar-refractivity contribution in [3.8, 4) is 11.5 Å². The van der Waals surface area contributed by atoms with Crippen molar-refractivity contribution in [2.24, 2.45) is 0 Å². The van der Waals surface area contributed by atoms with Gasteiger partial charge in [-0.2, -0.15) is 0 Å². The van der Waals surface area contributed by atoms with E-state index in [-0.39, 0.29) is 23.3 Å². The van der Waals surface area contributed by atoms with Gasteiger partial charge in [-0.1, -0.05) is 42.5 Å². The first-order valence-electron chi connectivity index (χ1n) is 11.2. The van der Waals surface area contributed by atoms with Gasteiger partial charge in [-0.25, -0.2) is 8.42 Å². The molecule has 3 aromatic carbocycles. The minimum absolute atomic E-state index is 0.0595. The zero-order valence-electron chi connectivity index (χ0n) is 19.2. The van der Waals surface area contributed by atoms with E-state index in [2.05, 4.69) is 10.6 Å². The van der Waals surface area contributed by atoms with Crippen LogP contribution in [0, 0.1) is 0 Å². The fraction of sp³-hybridized carbons (Fsp3) is 0.231. The first-order valence-corrected chi connectivity index (χ1v) is 12.9. The van der Waals surface area contributed by atoms with Crippen molar-refractivity contribution in [2.45, 2.75) is 24.3 Å². The Labute approximate surface area is 204 Å². The molecule has 0 bridgehead atoms. The highest BCUT2D eigenvalue weighted by Crippen LogP contribution is 2.32. The number of rotatable bonds is 8. The van der Waals surface area contributed by atoms with Crippen LogP contribution in [0.3, 0.4) is 0 Å². The number of amides is 2. The van der Waals surface area contributed by atoms with Gasteiger partial charge in [0.05, 0.1) is 27.9 Å². The first kappa shape index (κ1) is 24.3. The molecule has 0 spiro atoms. The van der Waals surface area contributed by atoms with E-state index < -0.39 is 21.5 Å². The SMILES string of the molecule is CC(NC(=O)c1ccccc1NC(=O)CCS(=O)(=O)c1ccc2c(c1)OCCO2)c1ccccc1. The van der Waals surface area contributed by atoms with Gasteiger partial charge in [0.25, 0.3) is 5.91 Å². The Hall–Kier alpha value is -3.85. The molecule has 0 aliphatic carbocycles. The molecule has 4 rings (SSSR count). The van der Waals surface area contributed by atoms with Crippen LogP contribution in [0.5, 0.6) is 11.5 Å². The van der Waals surface area contributed by atoms with Crippen molar-refractivity contribution in [1.82, 2.24) is 5.32 Å². The summed E-state index contributed by atoms with van der Waals surface area (Å²) in [5.74, 6) is -0.391. The van der Waals surface area contributed by atoms with Gasteiger partial charge < -0.3 is 20.1 Å². The zero-order chi connectivity index (χ0) is 24.8. The van der Waals surface area contributed by atoms with E-state index in [1.165, 1.54) is 12.1 Å². The molecular formula is C26H26N2O6S. The van der Waals surface area contributed by atoms with Crippen LogP contribution in [0.2, 0.25) is 0 Å². The summed E-state index contributed by atoms with van der Waals surface area (Å²) >= 11 is 0. The van der Waals surface area contributed by atoms with Crippen molar-refractivity contribution in [2.75, 3.05) is 24.3 Å². The molecule has 1 aliphatic rings. The molecule has 8 nitrogen and oxygen atoms in total. The summed E-state index contributed by atoms with van der Waals surface area (Å²) in [6, 6.07) is 20.3. The van der Waals surface area contributed by atoms with Crippen molar-refractivity contribution < 1.29 is 27.5 Å². The topological polar surface area (TPSA) is 111 Å². The Kier molecular flexibility index (Phi) is 7.36. The lowest BCUT2D eigenvalue weighted by atomic mass is 10.1. The lowest BCUT2D eigenvalue weighted by Crippen LogP contribution is -2.28. The van der Waals surface area contributed by atoms with E-state index in [0.29, 0.717) is 36.0 Å². The zero-order valence-corrected chi connectivity index (χ0v) is 20.0. The Balaban J connectivity index is 1.39. The van der Waals surface area contributed by atoms with E-state index in [0.717, 1.165) is 5.56 Å². The summed E-state index contributed by atoms with van der Waals surface area (Å²) in [6.45, 7) is 2.62. The van der Waals surface area contributed by atoms with Gasteiger partial charge in [0.15, 0.2) is 21.3 Å². The highest BCUT2D eigenvalue weighted by Gasteiger charge is 2.22. The molecule has 0 aromatic heterocycles. The number of carbonyl (C=O) groups excluding carboxylic acids is 2. The van der Waals surface area contributed by atoms with Crippen molar-refractivity contribution in [1.29, 1.82) is 0 Å². The second-order valence-corrected chi connectivity index (χ2v) is 10.2. The van der Waals surface area contributed by atoms with E-state index in [4.69, 9.17) is 9.47 Å². The second kappa shape index (κ2) is 10.6. The Morgan fingerprint density at radius 2 is 1.60 bits per heavy atom. The highest BCUT2D eigenvalue weighted by molar-refractivity contribution is 7.91. The number of hydrogen-bond donors (Lipinski definition) is 2. The third-order valence-corrected chi connectivity index (χ3v) is 7.28. The van der Waals surface area contributed by atoms with Crippen molar-refractivity contribution in [3.05, 3.63) is 83.9 Å². The summed E-state index contributed by atoms with van der Waals surface area (Å²) in [5.41, 5.74) is 1.55. The predicted molar refractivity (Wildman–Crippen MR) is 131 cm³/mol. The van der Waals surface area contributed by atoms with E-state index in [1.54, 1.807) is 30.3 Å². The predicted octanol–water partition coefficient (Wildman–Crippen LogP) is 3.75. The fourth-order valence-electron chi connectivity index (χ4n) is 3.66. The normalized spacial score (nSPS) is 13.5. The quantitative estimate of drug-likeness (QED) is 0.494. The molecule has 2 N–H and O–H groups in total. The van der Waals surface area contributed by atoms with Crippen molar-refractivity contribution >= 4 is 27.3 Å². The molecule has 2 amide bonds. The number of sulfone groups is 1. The number of ether oxygens (including phenoxy) is 2. The average Bonchev–Trinajstić information content (AvgIpc) is 2.88. The van der Waals surface area contributed by atoms with E-state index in [1.807, 2.05) is 37.3 Å². The standard InChI is InChI=1S/C26H26N2O6S/c1-18(19-7-3-2-4-8-19)27-26(30)21-9-5-6-10-22(21)28-25(29)13-16-35(31,32)20-11-12-23-24(17-20)34-15-14-33-23/h2-12,17-18H,13-16H2,1H3,(H,27,30)(H,28,29). The van der Waals surface area contributed by atoms with Gasteiger partial charge in [-0.3, -0.25) is 9.59 Å². The Bertz CT molecular complexity index is 1320. The molecular weight excluding hydrogens is 468 g/mol. The molecule has 1 aliphatic heterocycles. The molecule has 9 heteroatoms. The number of carbonyl (C=O) groups is 2. The Morgan fingerprint density at radius 3 is 2.37 bits per heavy atom. The summed E-state index contributed by atoms with van der Waals surface area (Å²) < 4.78 is 36.4. The number of anilines is 1. The summed E-state index contributed by atoms with van der Waals surface area (Å²) in [7, 11) is -3.73. The molecule has 1 heterocycles. The van der Waals surface area contributed by atoms with Crippen molar-refractivity contribution in [3.63, 3.8) is 0 Å². The molecule has 0 fully saturated rings. The van der Waals surface area contributed by atoms with Gasteiger partial charge >= 0.3 is 0 Å². The lowest BCUT2D eigenvalue weighted by Gasteiger charge is -2.18. The molecule has 182 valence electrons. The van der Waals surface area contributed by atoms with Gasteiger partial charge in [0.2, 0.25) is 5.91 Å². The van der Waals surface area contributed by atoms with Crippen LogP contribution in [0.25, 0.3) is 0 Å². The van der Waals surface area contributed by atoms with Crippen LogP contribution in [0.1, 0.15) is 35.3 Å². The number of fused-ring (bicyclic) bond motifs is 1. The van der Waals surface area contributed by atoms with Gasteiger partial charge in [-0.05, 0) is 36.8 Å². The molecule has 0 saturated carbocycles. The van der Waals surface area contributed by atoms with Crippen LogP contribution >= 0.6 is 0 Å².